The van der Waals surface area contributed by atoms with Crippen LogP contribution in [0.2, 0.25) is 0 Å². The number of fused-ring (bicyclic) bond motifs is 1. The van der Waals surface area contributed by atoms with E-state index < -0.39 is 0 Å². The zero-order valence-electron chi connectivity index (χ0n) is 8.20. The lowest BCUT2D eigenvalue weighted by atomic mass is 10.0. The third-order valence-electron chi connectivity index (χ3n) is 2.82. The summed E-state index contributed by atoms with van der Waals surface area (Å²) in [6.45, 7) is 0. The van der Waals surface area contributed by atoms with Crippen LogP contribution >= 0.6 is 0 Å². The largest absolute Gasteiger partial charge is 0.290 e. The van der Waals surface area contributed by atoms with Gasteiger partial charge in [-0.2, -0.15) is 0 Å². The fourth-order valence-corrected chi connectivity index (χ4v) is 2.12. The Balaban J connectivity index is 2.34. The summed E-state index contributed by atoms with van der Waals surface area (Å²) in [6, 6.07) is 8.33. The molecular weight excluding hydrogens is 176 g/mol. The van der Waals surface area contributed by atoms with Crippen LogP contribution in [-0.2, 0) is 6.42 Å². The molecule has 0 saturated heterocycles. The van der Waals surface area contributed by atoms with Crippen molar-refractivity contribution in [1.29, 1.82) is 0 Å². The Morgan fingerprint density at radius 2 is 2.29 bits per heavy atom. The summed E-state index contributed by atoms with van der Waals surface area (Å²) in [6.07, 6.45) is 2.10. The van der Waals surface area contributed by atoms with Gasteiger partial charge >= 0.3 is 0 Å². The van der Waals surface area contributed by atoms with Crippen molar-refractivity contribution in [3.63, 3.8) is 0 Å². The Morgan fingerprint density at radius 1 is 1.50 bits per heavy atom. The quantitative estimate of drug-likeness (QED) is 0.402. The molecule has 0 heterocycles. The lowest BCUT2D eigenvalue weighted by Crippen LogP contribution is -2.25. The summed E-state index contributed by atoms with van der Waals surface area (Å²) >= 11 is 0. The lowest BCUT2D eigenvalue weighted by Gasteiger charge is -2.12. The van der Waals surface area contributed by atoms with Crippen LogP contribution in [0.3, 0.4) is 0 Å². The number of nitrogens with one attached hydrogen (secondary N) is 1. The van der Waals surface area contributed by atoms with E-state index in [1.807, 2.05) is 6.07 Å². The van der Waals surface area contributed by atoms with Gasteiger partial charge < -0.3 is 0 Å². The van der Waals surface area contributed by atoms with Gasteiger partial charge in [-0.05, 0) is 24.0 Å². The molecule has 0 aromatic heterocycles. The summed E-state index contributed by atoms with van der Waals surface area (Å²) in [5, 5.41) is 8.93. The van der Waals surface area contributed by atoms with Crippen LogP contribution in [0.15, 0.2) is 29.3 Å². The number of hydroxylamine groups is 1. The molecule has 0 amide bonds. The van der Waals surface area contributed by atoms with Crippen LogP contribution in [0.1, 0.15) is 23.5 Å². The Kier molecular flexibility index (Phi) is 2.50. The molecule has 1 aliphatic carbocycles. The third-order valence-corrected chi connectivity index (χ3v) is 2.82. The number of aliphatic imine (C=N–C) groups is 1. The first-order valence-electron chi connectivity index (χ1n) is 4.81. The van der Waals surface area contributed by atoms with Crippen molar-refractivity contribution >= 4 is 5.84 Å². The molecule has 1 unspecified atom stereocenters. The second-order valence-electron chi connectivity index (χ2n) is 3.51. The maximum absolute atomic E-state index is 8.93. The van der Waals surface area contributed by atoms with Crippen LogP contribution < -0.4 is 5.48 Å². The van der Waals surface area contributed by atoms with Crippen LogP contribution in [0.5, 0.6) is 0 Å². The molecule has 1 atom stereocenters. The minimum absolute atomic E-state index is 0.237. The highest BCUT2D eigenvalue weighted by molar-refractivity contribution is 5.89. The normalized spacial score (nSPS) is 20.7. The van der Waals surface area contributed by atoms with Gasteiger partial charge in [-0.1, -0.05) is 24.3 Å². The van der Waals surface area contributed by atoms with Crippen molar-refractivity contribution in [2.24, 2.45) is 4.99 Å². The average molecular weight is 190 g/mol. The Morgan fingerprint density at radius 3 is 3.00 bits per heavy atom. The molecule has 0 fully saturated rings. The molecule has 2 rings (SSSR count). The number of hydrogen-bond acceptors (Lipinski definition) is 2. The molecule has 14 heavy (non-hydrogen) atoms. The van der Waals surface area contributed by atoms with E-state index in [9.17, 15) is 0 Å². The van der Waals surface area contributed by atoms with E-state index in [2.05, 4.69) is 28.7 Å². The highest BCUT2D eigenvalue weighted by Gasteiger charge is 2.25. The Bertz CT molecular complexity index is 360. The smallest absolute Gasteiger partial charge is 0.127 e. The summed E-state index contributed by atoms with van der Waals surface area (Å²) in [7, 11) is 1.69. The van der Waals surface area contributed by atoms with Crippen LogP contribution in [0.4, 0.5) is 0 Å². The monoisotopic (exact) mass is 190 g/mol. The summed E-state index contributed by atoms with van der Waals surface area (Å²) in [5.41, 5.74) is 4.84. The summed E-state index contributed by atoms with van der Waals surface area (Å²) in [5.74, 6) is 0.899. The van der Waals surface area contributed by atoms with Gasteiger partial charge in [0.1, 0.15) is 5.84 Å². The van der Waals surface area contributed by atoms with E-state index in [1.54, 1.807) is 7.05 Å². The van der Waals surface area contributed by atoms with Crippen LogP contribution in [0, 0.1) is 0 Å². The van der Waals surface area contributed by atoms with E-state index in [4.69, 9.17) is 5.21 Å². The fraction of sp³-hybridized carbons (Fsp3) is 0.364. The molecule has 0 radical (unpaired) electrons. The molecule has 0 bridgehead atoms. The van der Waals surface area contributed by atoms with E-state index in [0.29, 0.717) is 5.84 Å². The van der Waals surface area contributed by atoms with Crippen LogP contribution in [-0.4, -0.2) is 18.1 Å². The van der Waals surface area contributed by atoms with Crippen molar-refractivity contribution in [3.8, 4) is 0 Å². The van der Waals surface area contributed by atoms with E-state index >= 15 is 0 Å². The molecule has 1 aromatic carbocycles. The van der Waals surface area contributed by atoms with E-state index in [1.165, 1.54) is 11.1 Å². The van der Waals surface area contributed by atoms with Gasteiger partial charge in [-0.3, -0.25) is 15.7 Å². The summed E-state index contributed by atoms with van der Waals surface area (Å²) in [4.78, 5) is 4.04. The molecule has 1 aliphatic rings. The van der Waals surface area contributed by atoms with E-state index in [-0.39, 0.29) is 5.92 Å². The first-order valence-corrected chi connectivity index (χ1v) is 4.81. The maximum atomic E-state index is 8.93. The second kappa shape index (κ2) is 3.80. The van der Waals surface area contributed by atoms with Crippen LogP contribution in [0.25, 0.3) is 0 Å². The Labute approximate surface area is 83.4 Å². The molecule has 0 saturated carbocycles. The standard InChI is InChI=1S/C11H14N2O/c1-12-11(13-14)10-7-6-8-4-2-3-5-9(8)10/h2-5,10,14H,6-7H2,1H3,(H,12,13). The first kappa shape index (κ1) is 9.21. The lowest BCUT2D eigenvalue weighted by molar-refractivity contribution is 0.230. The number of hydrogen-bond donors (Lipinski definition) is 2. The number of rotatable bonds is 1. The van der Waals surface area contributed by atoms with Gasteiger partial charge in [0.05, 0.1) is 0 Å². The molecule has 3 nitrogen and oxygen atoms in total. The SMILES string of the molecule is CN=C(NO)C1CCc2ccccc21. The molecule has 0 aliphatic heterocycles. The molecule has 74 valence electrons. The number of aryl methyl sites for hydroxylation is 1. The molecule has 0 spiro atoms. The van der Waals surface area contributed by atoms with Gasteiger partial charge in [-0.25, -0.2) is 0 Å². The molecule has 2 N–H and O–H groups in total. The van der Waals surface area contributed by atoms with Crippen molar-refractivity contribution in [2.75, 3.05) is 7.05 Å². The predicted molar refractivity (Wildman–Crippen MR) is 55.8 cm³/mol. The first-order chi connectivity index (χ1) is 6.86. The number of benzene rings is 1. The van der Waals surface area contributed by atoms with Gasteiger partial charge in [-0.15, -0.1) is 0 Å². The average Bonchev–Trinajstić information content (AvgIpc) is 2.65. The zero-order valence-corrected chi connectivity index (χ0v) is 8.20. The highest BCUT2D eigenvalue weighted by Crippen LogP contribution is 2.33. The molecule has 3 heteroatoms. The predicted octanol–water partition coefficient (Wildman–Crippen LogP) is 1.72. The van der Waals surface area contributed by atoms with Gasteiger partial charge in [0.15, 0.2) is 0 Å². The fourth-order valence-electron chi connectivity index (χ4n) is 2.12. The topological polar surface area (TPSA) is 44.6 Å². The Hall–Kier alpha value is -1.35. The van der Waals surface area contributed by atoms with Crippen molar-refractivity contribution in [3.05, 3.63) is 35.4 Å². The molecular formula is C11H14N2O. The number of nitrogens with zero attached hydrogens (tertiary/aromatic N) is 1. The highest BCUT2D eigenvalue weighted by atomic mass is 16.5. The third kappa shape index (κ3) is 1.40. The maximum Gasteiger partial charge on any atom is 0.127 e. The van der Waals surface area contributed by atoms with E-state index in [0.717, 1.165) is 12.8 Å². The molecule has 1 aromatic rings. The second-order valence-corrected chi connectivity index (χ2v) is 3.51. The number of amidine groups is 1. The zero-order chi connectivity index (χ0) is 9.97. The van der Waals surface area contributed by atoms with Gasteiger partial charge in [0.2, 0.25) is 0 Å². The summed E-state index contributed by atoms with van der Waals surface area (Å²) < 4.78 is 0. The minimum Gasteiger partial charge on any atom is -0.290 e. The van der Waals surface area contributed by atoms with Gasteiger partial charge in [0.25, 0.3) is 0 Å². The van der Waals surface area contributed by atoms with Crippen molar-refractivity contribution in [1.82, 2.24) is 5.48 Å². The van der Waals surface area contributed by atoms with Gasteiger partial charge in [0, 0.05) is 13.0 Å². The van der Waals surface area contributed by atoms with Crippen molar-refractivity contribution in [2.45, 2.75) is 18.8 Å². The van der Waals surface area contributed by atoms with Crippen molar-refractivity contribution < 1.29 is 5.21 Å². The minimum atomic E-state index is 0.237.